The Morgan fingerprint density at radius 2 is 1.58 bits per heavy atom. The summed E-state index contributed by atoms with van der Waals surface area (Å²) in [4.78, 5) is 22.1. The predicted octanol–water partition coefficient (Wildman–Crippen LogP) is 0.564. The zero-order valence-electron chi connectivity index (χ0n) is 12.7. The van der Waals surface area contributed by atoms with Crippen LogP contribution in [0.3, 0.4) is 0 Å². The Hall–Kier alpha value is -1.14. The van der Waals surface area contributed by atoms with E-state index in [0.717, 1.165) is 0 Å². The van der Waals surface area contributed by atoms with Gasteiger partial charge < -0.3 is 20.1 Å². The third kappa shape index (κ3) is 14.8. The zero-order chi connectivity index (χ0) is 15.1. The average molecular weight is 276 g/mol. The Balaban J connectivity index is 0. The lowest BCUT2D eigenvalue weighted by molar-refractivity contribution is -0.125. The molecule has 0 radical (unpaired) electrons. The van der Waals surface area contributed by atoms with Gasteiger partial charge in [0.05, 0.1) is 13.2 Å². The quantitative estimate of drug-likeness (QED) is 0.603. The summed E-state index contributed by atoms with van der Waals surface area (Å²) in [6.07, 6.45) is 0. The molecule has 0 rings (SSSR count). The summed E-state index contributed by atoms with van der Waals surface area (Å²) in [7, 11) is 1.47. The van der Waals surface area contributed by atoms with Crippen LogP contribution in [0.4, 0.5) is 0 Å². The summed E-state index contributed by atoms with van der Waals surface area (Å²) in [5.74, 6) is -0.158. The smallest absolute Gasteiger partial charge is 0.246 e. The first-order chi connectivity index (χ1) is 9.07. The van der Waals surface area contributed by atoms with Crippen molar-refractivity contribution < 1.29 is 19.1 Å². The highest BCUT2D eigenvalue weighted by Crippen LogP contribution is 1.89. The van der Waals surface area contributed by atoms with Gasteiger partial charge in [0, 0.05) is 26.1 Å². The van der Waals surface area contributed by atoms with Gasteiger partial charge in [-0.25, -0.2) is 0 Å². The van der Waals surface area contributed by atoms with Gasteiger partial charge in [-0.05, 0) is 0 Å². The van der Waals surface area contributed by atoms with Crippen LogP contribution in [0.2, 0.25) is 0 Å². The Bertz CT molecular complexity index is 233. The van der Waals surface area contributed by atoms with Crippen LogP contribution < -0.4 is 10.6 Å². The number of hydrogen-bond acceptors (Lipinski definition) is 4. The lowest BCUT2D eigenvalue weighted by Crippen LogP contribution is -2.33. The second kappa shape index (κ2) is 14.9. The fraction of sp³-hybridized carbons (Fsp3) is 0.846. The Kier molecular flexibility index (Phi) is 15.8. The highest BCUT2D eigenvalue weighted by molar-refractivity contribution is 5.77. The van der Waals surface area contributed by atoms with Gasteiger partial charge in [0.2, 0.25) is 11.8 Å². The molecule has 0 aliphatic carbocycles. The Labute approximate surface area is 116 Å². The fourth-order valence-corrected chi connectivity index (χ4v) is 0.997. The molecule has 0 atom stereocenters. The standard InChI is InChI=1S/C11H22N2O4.C2H6/c1-9(2)11(15)13-5-7-17-6-4-12-10(14)8-16-3;1-2/h9H,4-8H2,1-3H3,(H,12,14)(H,13,15);1-2H3. The summed E-state index contributed by atoms with van der Waals surface area (Å²) >= 11 is 0. The molecule has 0 aromatic heterocycles. The van der Waals surface area contributed by atoms with Gasteiger partial charge in [-0.3, -0.25) is 9.59 Å². The molecule has 0 heterocycles. The molecule has 0 aromatic carbocycles. The van der Waals surface area contributed by atoms with Gasteiger partial charge in [-0.2, -0.15) is 0 Å². The third-order valence-corrected chi connectivity index (χ3v) is 1.91. The van der Waals surface area contributed by atoms with E-state index in [1.807, 2.05) is 27.7 Å². The lowest BCUT2D eigenvalue weighted by Gasteiger charge is -2.08. The number of carbonyl (C=O) groups excluding carboxylic acids is 2. The van der Waals surface area contributed by atoms with Crippen LogP contribution in [0, 0.1) is 5.92 Å². The van der Waals surface area contributed by atoms with Crippen molar-refractivity contribution in [3.63, 3.8) is 0 Å². The van der Waals surface area contributed by atoms with Crippen molar-refractivity contribution in [3.8, 4) is 0 Å². The van der Waals surface area contributed by atoms with E-state index in [9.17, 15) is 9.59 Å². The van der Waals surface area contributed by atoms with Crippen molar-refractivity contribution in [2.24, 2.45) is 5.92 Å². The lowest BCUT2D eigenvalue weighted by atomic mass is 10.2. The van der Waals surface area contributed by atoms with Gasteiger partial charge in [0.1, 0.15) is 6.61 Å². The molecule has 6 heteroatoms. The van der Waals surface area contributed by atoms with Crippen LogP contribution in [0.15, 0.2) is 0 Å². The van der Waals surface area contributed by atoms with Gasteiger partial charge >= 0.3 is 0 Å². The molecule has 114 valence electrons. The molecule has 0 spiro atoms. The molecule has 0 bridgehead atoms. The number of methoxy groups -OCH3 is 1. The minimum atomic E-state index is -0.163. The van der Waals surface area contributed by atoms with Crippen LogP contribution in [-0.4, -0.2) is 51.8 Å². The molecule has 2 N–H and O–H groups in total. The number of amides is 2. The summed E-state index contributed by atoms with van der Waals surface area (Å²) < 4.78 is 9.87. The van der Waals surface area contributed by atoms with E-state index in [1.54, 1.807) is 0 Å². The zero-order valence-corrected chi connectivity index (χ0v) is 12.7. The van der Waals surface area contributed by atoms with E-state index >= 15 is 0 Å². The van der Waals surface area contributed by atoms with Crippen LogP contribution >= 0.6 is 0 Å². The van der Waals surface area contributed by atoms with Crippen molar-refractivity contribution in [3.05, 3.63) is 0 Å². The molecule has 0 aliphatic heterocycles. The maximum atomic E-state index is 11.2. The monoisotopic (exact) mass is 276 g/mol. The van der Waals surface area contributed by atoms with Crippen molar-refractivity contribution in [2.75, 3.05) is 40.0 Å². The highest BCUT2D eigenvalue weighted by atomic mass is 16.5. The summed E-state index contributed by atoms with van der Waals surface area (Å²) in [6.45, 7) is 9.53. The molecule has 0 fully saturated rings. The molecule has 2 amide bonds. The van der Waals surface area contributed by atoms with Gasteiger partial charge in [-0.1, -0.05) is 27.7 Å². The van der Waals surface area contributed by atoms with Crippen molar-refractivity contribution >= 4 is 11.8 Å². The fourth-order valence-electron chi connectivity index (χ4n) is 0.997. The SMILES string of the molecule is CC.COCC(=O)NCCOCCNC(=O)C(C)C. The normalized spacial score (nSPS) is 9.58. The first kappa shape index (κ1) is 20.2. The molecule has 6 nitrogen and oxygen atoms in total. The molecular weight excluding hydrogens is 248 g/mol. The number of nitrogens with one attached hydrogen (secondary N) is 2. The van der Waals surface area contributed by atoms with Crippen LogP contribution in [-0.2, 0) is 19.1 Å². The maximum Gasteiger partial charge on any atom is 0.246 e. The third-order valence-electron chi connectivity index (χ3n) is 1.91. The van der Waals surface area contributed by atoms with E-state index in [2.05, 4.69) is 15.4 Å². The van der Waals surface area contributed by atoms with Crippen molar-refractivity contribution in [1.82, 2.24) is 10.6 Å². The van der Waals surface area contributed by atoms with Crippen molar-refractivity contribution in [2.45, 2.75) is 27.7 Å². The Morgan fingerprint density at radius 3 is 2.05 bits per heavy atom. The molecule has 0 saturated carbocycles. The van der Waals surface area contributed by atoms with Crippen LogP contribution in [0.5, 0.6) is 0 Å². The van der Waals surface area contributed by atoms with E-state index in [4.69, 9.17) is 4.74 Å². The molecule has 0 unspecified atom stereocenters. The highest BCUT2D eigenvalue weighted by Gasteiger charge is 2.04. The number of ether oxygens (including phenoxy) is 2. The van der Waals surface area contributed by atoms with E-state index in [0.29, 0.717) is 26.3 Å². The topological polar surface area (TPSA) is 76.7 Å². The van der Waals surface area contributed by atoms with Gasteiger partial charge in [0.25, 0.3) is 0 Å². The molecule has 19 heavy (non-hydrogen) atoms. The average Bonchev–Trinajstić information content (AvgIpc) is 2.39. The minimum absolute atomic E-state index is 0.0108. The number of hydrogen-bond donors (Lipinski definition) is 2. The van der Waals surface area contributed by atoms with E-state index < -0.39 is 0 Å². The maximum absolute atomic E-state index is 11.2. The molecular formula is C13H28N2O4. The first-order valence-electron chi connectivity index (χ1n) is 6.69. The van der Waals surface area contributed by atoms with Crippen LogP contribution in [0.25, 0.3) is 0 Å². The van der Waals surface area contributed by atoms with Gasteiger partial charge in [0.15, 0.2) is 0 Å². The first-order valence-corrected chi connectivity index (χ1v) is 6.69. The van der Waals surface area contributed by atoms with Crippen LogP contribution in [0.1, 0.15) is 27.7 Å². The predicted molar refractivity (Wildman–Crippen MR) is 74.9 cm³/mol. The minimum Gasteiger partial charge on any atom is -0.378 e. The summed E-state index contributed by atoms with van der Waals surface area (Å²) in [5, 5.41) is 5.36. The van der Waals surface area contributed by atoms with Crippen molar-refractivity contribution in [1.29, 1.82) is 0 Å². The molecule has 0 aliphatic rings. The second-order valence-corrected chi connectivity index (χ2v) is 3.84. The van der Waals surface area contributed by atoms with E-state index in [-0.39, 0.29) is 24.3 Å². The number of carbonyl (C=O) groups is 2. The summed E-state index contributed by atoms with van der Waals surface area (Å²) in [6, 6.07) is 0. The van der Waals surface area contributed by atoms with E-state index in [1.165, 1.54) is 7.11 Å². The summed E-state index contributed by atoms with van der Waals surface area (Å²) in [5.41, 5.74) is 0. The number of rotatable bonds is 9. The second-order valence-electron chi connectivity index (χ2n) is 3.84. The largest absolute Gasteiger partial charge is 0.378 e. The molecule has 0 saturated heterocycles. The Morgan fingerprint density at radius 1 is 1.05 bits per heavy atom. The molecule has 0 aromatic rings. The van der Waals surface area contributed by atoms with Gasteiger partial charge in [-0.15, -0.1) is 0 Å².